The first kappa shape index (κ1) is 11.6. The summed E-state index contributed by atoms with van der Waals surface area (Å²) in [7, 11) is 0. The zero-order valence-corrected chi connectivity index (χ0v) is 9.78. The molecular weight excluding hydrogens is 231 g/mol. The van der Waals surface area contributed by atoms with E-state index in [1.54, 1.807) is 0 Å². The molecule has 2 heterocycles. The number of hydrogen-bond acceptors (Lipinski definition) is 3. The zero-order valence-electron chi connectivity index (χ0n) is 9.03. The Morgan fingerprint density at radius 3 is 3.06 bits per heavy atom. The zero-order chi connectivity index (χ0) is 11.7. The van der Waals surface area contributed by atoms with Gasteiger partial charge in [-0.15, -0.1) is 0 Å². The Bertz CT molecular complexity index is 388. The van der Waals surface area contributed by atoms with Gasteiger partial charge >= 0.3 is 0 Å². The minimum atomic E-state index is -0.431. The Morgan fingerprint density at radius 2 is 2.44 bits per heavy atom. The van der Waals surface area contributed by atoms with Crippen molar-refractivity contribution >= 4 is 17.4 Å². The summed E-state index contributed by atoms with van der Waals surface area (Å²) < 4.78 is 13.7. The molecule has 3 nitrogen and oxygen atoms in total. The van der Waals surface area contributed by atoms with Gasteiger partial charge in [0, 0.05) is 12.7 Å². The van der Waals surface area contributed by atoms with Gasteiger partial charge in [0.2, 0.25) is 0 Å². The molecule has 0 radical (unpaired) electrons. The van der Waals surface area contributed by atoms with Crippen molar-refractivity contribution in [1.82, 2.24) is 4.98 Å². The molecule has 2 rings (SSSR count). The summed E-state index contributed by atoms with van der Waals surface area (Å²) in [6.07, 6.45) is 2.37. The second-order valence-electron chi connectivity index (χ2n) is 4.17. The lowest BCUT2D eigenvalue weighted by Crippen LogP contribution is -2.36. The highest BCUT2D eigenvalue weighted by atomic mass is 35.5. The van der Waals surface area contributed by atoms with Gasteiger partial charge in [-0.1, -0.05) is 18.5 Å². The van der Waals surface area contributed by atoms with Crippen LogP contribution in [0.3, 0.4) is 0 Å². The normalized spacial score (nSPS) is 25.1. The maximum atomic E-state index is 13.7. The van der Waals surface area contributed by atoms with E-state index in [1.165, 1.54) is 12.3 Å². The van der Waals surface area contributed by atoms with Crippen molar-refractivity contribution in [2.45, 2.75) is 19.4 Å². The fourth-order valence-corrected chi connectivity index (χ4v) is 2.31. The van der Waals surface area contributed by atoms with Gasteiger partial charge < -0.3 is 10.0 Å². The first-order valence-corrected chi connectivity index (χ1v) is 5.70. The molecule has 1 aliphatic heterocycles. The molecule has 0 aromatic carbocycles. The van der Waals surface area contributed by atoms with Crippen LogP contribution in [0.4, 0.5) is 10.2 Å². The summed E-state index contributed by atoms with van der Waals surface area (Å²) in [5.41, 5.74) is 0. The van der Waals surface area contributed by atoms with Gasteiger partial charge in [0.25, 0.3) is 0 Å². The highest BCUT2D eigenvalue weighted by Gasteiger charge is 2.32. The molecule has 1 saturated heterocycles. The summed E-state index contributed by atoms with van der Waals surface area (Å²) in [6.45, 7) is 2.79. The van der Waals surface area contributed by atoms with Crippen LogP contribution in [-0.4, -0.2) is 29.3 Å². The molecule has 1 N–H and O–H groups in total. The number of halogens is 2. The van der Waals surface area contributed by atoms with E-state index in [2.05, 4.69) is 11.9 Å². The van der Waals surface area contributed by atoms with Gasteiger partial charge in [0.15, 0.2) is 11.6 Å². The number of rotatable bonds is 2. The molecular formula is C11H14ClFN2O. The third-order valence-corrected chi connectivity index (χ3v) is 3.34. The van der Waals surface area contributed by atoms with Crippen molar-refractivity contribution in [2.75, 3.05) is 18.1 Å². The van der Waals surface area contributed by atoms with Crippen molar-refractivity contribution in [3.8, 4) is 0 Å². The number of aromatic nitrogens is 1. The third-order valence-electron chi connectivity index (χ3n) is 3.13. The Morgan fingerprint density at radius 1 is 1.69 bits per heavy atom. The van der Waals surface area contributed by atoms with Gasteiger partial charge in [-0.05, 0) is 18.4 Å². The van der Waals surface area contributed by atoms with Gasteiger partial charge in [0.1, 0.15) is 0 Å². The second-order valence-corrected chi connectivity index (χ2v) is 4.60. The molecule has 16 heavy (non-hydrogen) atoms. The SMILES string of the molecule is CC1CCN(c2ncc(Cl)cc2F)C1CO. The van der Waals surface area contributed by atoms with E-state index in [-0.39, 0.29) is 23.5 Å². The molecule has 0 bridgehead atoms. The number of hydrogen-bond donors (Lipinski definition) is 1. The number of aliphatic hydroxyl groups excluding tert-OH is 1. The molecule has 0 aliphatic carbocycles. The van der Waals surface area contributed by atoms with Crippen LogP contribution >= 0.6 is 11.6 Å². The van der Waals surface area contributed by atoms with Crippen LogP contribution in [0.2, 0.25) is 5.02 Å². The quantitative estimate of drug-likeness (QED) is 0.866. The lowest BCUT2D eigenvalue weighted by atomic mass is 10.0. The highest BCUT2D eigenvalue weighted by molar-refractivity contribution is 6.30. The Kier molecular flexibility index (Phi) is 3.30. The first-order chi connectivity index (χ1) is 7.63. The minimum absolute atomic E-state index is 0.0188. The average molecular weight is 245 g/mol. The second kappa shape index (κ2) is 4.55. The van der Waals surface area contributed by atoms with E-state index in [0.29, 0.717) is 5.92 Å². The van der Waals surface area contributed by atoms with Crippen LogP contribution in [0.25, 0.3) is 0 Å². The molecule has 1 aromatic heterocycles. The predicted molar refractivity (Wildman–Crippen MR) is 61.2 cm³/mol. The van der Waals surface area contributed by atoms with Crippen LogP contribution in [-0.2, 0) is 0 Å². The van der Waals surface area contributed by atoms with Crippen molar-refractivity contribution in [3.63, 3.8) is 0 Å². The molecule has 0 spiro atoms. The van der Waals surface area contributed by atoms with Crippen LogP contribution in [0.15, 0.2) is 12.3 Å². The van der Waals surface area contributed by atoms with Crippen LogP contribution in [0, 0.1) is 11.7 Å². The van der Waals surface area contributed by atoms with Gasteiger partial charge in [-0.25, -0.2) is 9.37 Å². The van der Waals surface area contributed by atoms with E-state index in [0.717, 1.165) is 13.0 Å². The largest absolute Gasteiger partial charge is 0.394 e. The molecule has 88 valence electrons. The van der Waals surface area contributed by atoms with Crippen LogP contribution in [0.5, 0.6) is 0 Å². The van der Waals surface area contributed by atoms with E-state index in [9.17, 15) is 9.50 Å². The Labute approximate surface area is 98.9 Å². The molecule has 0 amide bonds. The fourth-order valence-electron chi connectivity index (χ4n) is 2.17. The lowest BCUT2D eigenvalue weighted by molar-refractivity contribution is 0.244. The Hall–Kier alpha value is -0.870. The number of nitrogens with zero attached hydrogens (tertiary/aromatic N) is 2. The van der Waals surface area contributed by atoms with Crippen LogP contribution in [0.1, 0.15) is 13.3 Å². The molecule has 1 fully saturated rings. The summed E-state index contributed by atoms with van der Waals surface area (Å²) in [5, 5.41) is 9.58. The number of pyridine rings is 1. The molecule has 0 saturated carbocycles. The van der Waals surface area contributed by atoms with Crippen molar-refractivity contribution in [2.24, 2.45) is 5.92 Å². The van der Waals surface area contributed by atoms with Gasteiger partial charge in [-0.2, -0.15) is 0 Å². The summed E-state index contributed by atoms with van der Waals surface area (Å²) in [4.78, 5) is 5.82. The predicted octanol–water partition coefficient (Wildman–Crippen LogP) is 2.08. The molecule has 1 aliphatic rings. The number of anilines is 1. The van der Waals surface area contributed by atoms with E-state index in [4.69, 9.17) is 11.6 Å². The maximum Gasteiger partial charge on any atom is 0.167 e. The minimum Gasteiger partial charge on any atom is -0.394 e. The first-order valence-electron chi connectivity index (χ1n) is 5.32. The molecule has 5 heteroatoms. The molecule has 2 unspecified atom stereocenters. The summed E-state index contributed by atoms with van der Waals surface area (Å²) in [5.74, 6) is 0.203. The van der Waals surface area contributed by atoms with Crippen molar-refractivity contribution in [3.05, 3.63) is 23.1 Å². The fraction of sp³-hybridized carbons (Fsp3) is 0.545. The average Bonchev–Trinajstić information content (AvgIpc) is 2.59. The topological polar surface area (TPSA) is 36.4 Å². The van der Waals surface area contributed by atoms with Gasteiger partial charge in [-0.3, -0.25) is 0 Å². The molecule has 2 atom stereocenters. The van der Waals surface area contributed by atoms with Crippen molar-refractivity contribution < 1.29 is 9.50 Å². The van der Waals surface area contributed by atoms with E-state index < -0.39 is 5.82 Å². The highest BCUT2D eigenvalue weighted by Crippen LogP contribution is 2.30. The smallest absolute Gasteiger partial charge is 0.167 e. The molecule has 1 aromatic rings. The standard InChI is InChI=1S/C11H14ClFN2O/c1-7-2-3-15(10(7)6-16)11-9(13)4-8(12)5-14-11/h4-5,7,10,16H,2-3,6H2,1H3. The monoisotopic (exact) mass is 244 g/mol. The summed E-state index contributed by atoms with van der Waals surface area (Å²) in [6, 6.07) is 1.20. The maximum absolute atomic E-state index is 13.7. The summed E-state index contributed by atoms with van der Waals surface area (Å²) >= 11 is 5.65. The Balaban J connectivity index is 2.30. The lowest BCUT2D eigenvalue weighted by Gasteiger charge is -2.26. The van der Waals surface area contributed by atoms with Gasteiger partial charge in [0.05, 0.1) is 17.7 Å². The van der Waals surface area contributed by atoms with E-state index in [1.807, 2.05) is 4.90 Å². The van der Waals surface area contributed by atoms with Crippen molar-refractivity contribution in [1.29, 1.82) is 0 Å². The van der Waals surface area contributed by atoms with E-state index >= 15 is 0 Å². The number of aliphatic hydroxyl groups is 1. The van der Waals surface area contributed by atoms with Crippen LogP contribution < -0.4 is 4.90 Å². The third kappa shape index (κ3) is 1.99.